The van der Waals surface area contributed by atoms with E-state index in [4.69, 9.17) is 0 Å². The quantitative estimate of drug-likeness (QED) is 0.670. The Labute approximate surface area is 95.0 Å². The van der Waals surface area contributed by atoms with Gasteiger partial charge in [-0.15, -0.1) is 0 Å². The normalized spacial score (nSPS) is 21.3. The van der Waals surface area contributed by atoms with Gasteiger partial charge in [0.25, 0.3) is 0 Å². The summed E-state index contributed by atoms with van der Waals surface area (Å²) in [6, 6.07) is -1.03. The lowest BCUT2D eigenvalue weighted by molar-refractivity contribution is -0.126. The van der Waals surface area contributed by atoms with Gasteiger partial charge in [-0.05, 0) is 12.8 Å². The van der Waals surface area contributed by atoms with Crippen LogP contribution in [0.1, 0.15) is 39.0 Å². The third-order valence-corrected chi connectivity index (χ3v) is 2.62. The molecule has 2 amide bonds. The van der Waals surface area contributed by atoms with E-state index in [1.165, 1.54) is 0 Å². The summed E-state index contributed by atoms with van der Waals surface area (Å²) in [5.41, 5.74) is 0. The van der Waals surface area contributed by atoms with E-state index in [9.17, 15) is 14.4 Å². The van der Waals surface area contributed by atoms with Gasteiger partial charge in [0.05, 0.1) is 6.04 Å². The molecule has 1 heterocycles. The maximum absolute atomic E-state index is 11.6. The number of carbonyl (C=O) groups excluding carboxylic acids is 3. The Morgan fingerprint density at radius 3 is 2.94 bits per heavy atom. The van der Waals surface area contributed by atoms with Crippen molar-refractivity contribution in [3.63, 3.8) is 0 Å². The molecular weight excluding hydrogens is 208 g/mol. The van der Waals surface area contributed by atoms with E-state index in [1.807, 2.05) is 13.2 Å². The van der Waals surface area contributed by atoms with E-state index in [0.29, 0.717) is 19.3 Å². The lowest BCUT2D eigenvalue weighted by Crippen LogP contribution is -2.46. The Balaban J connectivity index is 2.36. The van der Waals surface area contributed by atoms with Gasteiger partial charge in [0.15, 0.2) is 0 Å². The fraction of sp³-hybridized carbons (Fsp3) is 0.727. The number of rotatable bonds is 6. The number of hydrogen-bond donors (Lipinski definition) is 2. The van der Waals surface area contributed by atoms with Crippen molar-refractivity contribution in [3.05, 3.63) is 0 Å². The molecule has 16 heavy (non-hydrogen) atoms. The summed E-state index contributed by atoms with van der Waals surface area (Å²) in [6.45, 7) is 2.01. The maximum atomic E-state index is 11.6. The maximum Gasteiger partial charge on any atom is 0.243 e. The first-order valence-corrected chi connectivity index (χ1v) is 5.64. The molecule has 2 atom stereocenters. The van der Waals surface area contributed by atoms with Crippen LogP contribution in [-0.2, 0) is 14.4 Å². The smallest absolute Gasteiger partial charge is 0.243 e. The minimum atomic E-state index is -0.551. The van der Waals surface area contributed by atoms with E-state index in [2.05, 4.69) is 10.6 Å². The van der Waals surface area contributed by atoms with Crippen molar-refractivity contribution in [1.29, 1.82) is 0 Å². The molecule has 89 valence electrons. The molecule has 0 saturated carbocycles. The summed E-state index contributed by atoms with van der Waals surface area (Å²) in [6.07, 6.45) is 5.13. The molecule has 0 spiro atoms. The number of unbranched alkanes of at least 4 members (excludes halogenated alkanes) is 1. The first kappa shape index (κ1) is 12.7. The molecule has 5 nitrogen and oxygen atoms in total. The standard InChI is InChI=1S/C11H17N2O3/c1-2-3-4-8(7-14)12-11(16)9-5-6-10(15)13-9/h8-9H,2-6H2,1H3,(H,12,16)(H,13,15)/t8-,9-/m0/s1. The van der Waals surface area contributed by atoms with Gasteiger partial charge in [-0.25, -0.2) is 0 Å². The highest BCUT2D eigenvalue weighted by atomic mass is 16.2. The molecule has 1 radical (unpaired) electrons. The first-order valence-electron chi connectivity index (χ1n) is 5.64. The molecule has 0 aliphatic carbocycles. The van der Waals surface area contributed by atoms with Crippen molar-refractivity contribution in [2.75, 3.05) is 0 Å². The fourth-order valence-electron chi connectivity index (χ4n) is 1.65. The molecule has 0 bridgehead atoms. The largest absolute Gasteiger partial charge is 0.344 e. The fourth-order valence-corrected chi connectivity index (χ4v) is 1.65. The zero-order valence-electron chi connectivity index (χ0n) is 9.41. The predicted octanol–water partition coefficient (Wildman–Crippen LogP) is 0.0497. The summed E-state index contributed by atoms with van der Waals surface area (Å²) in [5.74, 6) is -0.393. The predicted molar refractivity (Wildman–Crippen MR) is 58.3 cm³/mol. The highest BCUT2D eigenvalue weighted by Crippen LogP contribution is 2.07. The summed E-state index contributed by atoms with van der Waals surface area (Å²) in [5, 5.41) is 5.15. The molecule has 0 unspecified atom stereocenters. The highest BCUT2D eigenvalue weighted by molar-refractivity contribution is 5.91. The third kappa shape index (κ3) is 3.64. The van der Waals surface area contributed by atoms with E-state index in [0.717, 1.165) is 12.8 Å². The number of hydrogen-bond acceptors (Lipinski definition) is 3. The van der Waals surface area contributed by atoms with Crippen molar-refractivity contribution in [3.8, 4) is 0 Å². The zero-order valence-corrected chi connectivity index (χ0v) is 9.41. The Bertz CT molecular complexity index is 278. The molecule has 0 aromatic carbocycles. The molecule has 1 fully saturated rings. The number of amides is 2. The summed E-state index contributed by atoms with van der Waals surface area (Å²) in [7, 11) is 0. The Morgan fingerprint density at radius 1 is 1.69 bits per heavy atom. The molecule has 1 aliphatic heterocycles. The van der Waals surface area contributed by atoms with Crippen molar-refractivity contribution < 1.29 is 14.4 Å². The van der Waals surface area contributed by atoms with Crippen molar-refractivity contribution in [1.82, 2.24) is 10.6 Å². The van der Waals surface area contributed by atoms with Gasteiger partial charge < -0.3 is 10.6 Å². The minimum absolute atomic E-state index is 0.111. The SMILES string of the molecule is CCCC[C@@H]([C]=O)NC(=O)[C@@H]1CCC(=O)N1. The topological polar surface area (TPSA) is 75.3 Å². The van der Waals surface area contributed by atoms with Crippen LogP contribution >= 0.6 is 0 Å². The second-order valence-electron chi connectivity index (χ2n) is 3.98. The van der Waals surface area contributed by atoms with E-state index in [-0.39, 0.29) is 11.8 Å². The summed E-state index contributed by atoms with van der Waals surface area (Å²) >= 11 is 0. The molecule has 1 aliphatic rings. The van der Waals surface area contributed by atoms with Crippen LogP contribution < -0.4 is 10.6 Å². The van der Waals surface area contributed by atoms with Crippen LogP contribution in [0.5, 0.6) is 0 Å². The van der Waals surface area contributed by atoms with Crippen LogP contribution in [0.25, 0.3) is 0 Å². The Kier molecular flexibility index (Phi) is 4.95. The minimum Gasteiger partial charge on any atom is -0.344 e. The average Bonchev–Trinajstić information content (AvgIpc) is 2.70. The summed E-state index contributed by atoms with van der Waals surface area (Å²) in [4.78, 5) is 33.1. The van der Waals surface area contributed by atoms with Crippen LogP contribution in [0, 0.1) is 0 Å². The number of nitrogens with one attached hydrogen (secondary N) is 2. The van der Waals surface area contributed by atoms with Crippen molar-refractivity contribution in [2.24, 2.45) is 0 Å². The van der Waals surface area contributed by atoms with E-state index < -0.39 is 12.1 Å². The van der Waals surface area contributed by atoms with Crippen molar-refractivity contribution >= 4 is 18.1 Å². The van der Waals surface area contributed by atoms with Crippen LogP contribution in [-0.4, -0.2) is 30.2 Å². The molecule has 0 aromatic heterocycles. The second kappa shape index (κ2) is 6.25. The monoisotopic (exact) mass is 225 g/mol. The molecule has 1 rings (SSSR count). The average molecular weight is 225 g/mol. The van der Waals surface area contributed by atoms with Crippen molar-refractivity contribution in [2.45, 2.75) is 51.1 Å². The highest BCUT2D eigenvalue weighted by Gasteiger charge is 2.28. The molecule has 5 heteroatoms. The molecule has 2 N–H and O–H groups in total. The first-order chi connectivity index (χ1) is 7.67. The van der Waals surface area contributed by atoms with Crippen LogP contribution in [0.15, 0.2) is 0 Å². The zero-order chi connectivity index (χ0) is 12.0. The Hall–Kier alpha value is -1.39. The van der Waals surface area contributed by atoms with Gasteiger partial charge in [-0.1, -0.05) is 19.8 Å². The van der Waals surface area contributed by atoms with Gasteiger partial charge in [0.1, 0.15) is 6.04 Å². The molecule has 1 saturated heterocycles. The Morgan fingerprint density at radius 2 is 2.44 bits per heavy atom. The van der Waals surface area contributed by atoms with Gasteiger partial charge in [0.2, 0.25) is 18.1 Å². The lowest BCUT2D eigenvalue weighted by Gasteiger charge is -2.15. The molecule has 0 aromatic rings. The second-order valence-corrected chi connectivity index (χ2v) is 3.98. The van der Waals surface area contributed by atoms with Gasteiger partial charge in [0, 0.05) is 6.42 Å². The summed E-state index contributed by atoms with van der Waals surface area (Å²) < 4.78 is 0. The van der Waals surface area contributed by atoms with Gasteiger partial charge >= 0.3 is 0 Å². The molecular formula is C11H17N2O3. The van der Waals surface area contributed by atoms with Crippen LogP contribution in [0.4, 0.5) is 0 Å². The lowest BCUT2D eigenvalue weighted by atomic mass is 10.1. The number of carbonyl (C=O) groups is 2. The van der Waals surface area contributed by atoms with E-state index >= 15 is 0 Å². The van der Waals surface area contributed by atoms with Gasteiger partial charge in [-0.2, -0.15) is 0 Å². The van der Waals surface area contributed by atoms with Gasteiger partial charge in [-0.3, -0.25) is 14.4 Å². The van der Waals surface area contributed by atoms with Crippen LogP contribution in [0.3, 0.4) is 0 Å². The van der Waals surface area contributed by atoms with E-state index in [1.54, 1.807) is 0 Å². The van der Waals surface area contributed by atoms with Crippen LogP contribution in [0.2, 0.25) is 0 Å². The third-order valence-electron chi connectivity index (χ3n) is 2.62.